The van der Waals surface area contributed by atoms with E-state index in [9.17, 15) is 5.11 Å². The Morgan fingerprint density at radius 2 is 1.88 bits per heavy atom. The summed E-state index contributed by atoms with van der Waals surface area (Å²) in [6, 6.07) is 0. The summed E-state index contributed by atoms with van der Waals surface area (Å²) in [5, 5.41) is 14.9. The lowest BCUT2D eigenvalue weighted by molar-refractivity contribution is -0.0901. The molecule has 0 aromatic rings. The van der Waals surface area contributed by atoms with Crippen LogP contribution in [0.25, 0.3) is 10.4 Å². The second-order valence-electron chi connectivity index (χ2n) is 13.1. The molecule has 1 N–H and O–H groups in total. The minimum absolute atomic E-state index is 0.0997. The Morgan fingerprint density at radius 3 is 2.50 bits per heavy atom. The van der Waals surface area contributed by atoms with Crippen LogP contribution in [0.15, 0.2) is 17.3 Å². The zero-order valence-corrected chi connectivity index (χ0v) is 22.7. The van der Waals surface area contributed by atoms with E-state index in [1.807, 2.05) is 0 Å². The van der Waals surface area contributed by atoms with E-state index in [0.717, 1.165) is 38.7 Å². The molecule has 0 aliphatic heterocycles. The molecule has 0 saturated heterocycles. The topological polar surface area (TPSA) is 78.2 Å². The van der Waals surface area contributed by atoms with Gasteiger partial charge in [-0.2, -0.15) is 0 Å². The first kappa shape index (κ1) is 25.8. The van der Waals surface area contributed by atoms with Crippen molar-refractivity contribution in [2.24, 2.45) is 39.6 Å². The summed E-state index contributed by atoms with van der Waals surface area (Å²) < 4.78 is 6.74. The Balaban J connectivity index is 1.90. The largest absolute Gasteiger partial charge is 0.417 e. The number of rotatable bonds is 6. The molecule has 0 spiro atoms. The molecule has 0 radical (unpaired) electrons. The van der Waals surface area contributed by atoms with Gasteiger partial charge in [0.05, 0.1) is 6.10 Å². The highest BCUT2D eigenvalue weighted by Crippen LogP contribution is 2.63. The Morgan fingerprint density at radius 1 is 1.19 bits per heavy atom. The summed E-state index contributed by atoms with van der Waals surface area (Å²) in [7, 11) is -1.86. The van der Waals surface area contributed by atoms with Crippen molar-refractivity contribution < 1.29 is 9.53 Å². The second-order valence-corrected chi connectivity index (χ2v) is 17.9. The Kier molecular flexibility index (Phi) is 7.33. The van der Waals surface area contributed by atoms with E-state index in [4.69, 9.17) is 9.96 Å². The molecular formula is C26H47N3O2Si. The minimum Gasteiger partial charge on any atom is -0.417 e. The second kappa shape index (κ2) is 9.09. The van der Waals surface area contributed by atoms with E-state index in [-0.39, 0.29) is 22.0 Å². The number of nitrogens with zero attached hydrogens (tertiary/aromatic N) is 3. The normalized spacial score (nSPS) is 40.6. The third-order valence-corrected chi connectivity index (χ3v) is 15.1. The van der Waals surface area contributed by atoms with E-state index < -0.39 is 8.32 Å². The maximum Gasteiger partial charge on any atom is 0.191 e. The van der Waals surface area contributed by atoms with Crippen molar-refractivity contribution in [2.75, 3.05) is 13.2 Å². The van der Waals surface area contributed by atoms with Crippen LogP contribution in [-0.4, -0.2) is 32.7 Å². The smallest absolute Gasteiger partial charge is 0.191 e. The van der Waals surface area contributed by atoms with Crippen LogP contribution in [0.5, 0.6) is 0 Å². The van der Waals surface area contributed by atoms with Crippen molar-refractivity contribution >= 4 is 8.32 Å². The molecule has 3 rings (SSSR count). The fourth-order valence-electron chi connectivity index (χ4n) is 7.07. The van der Waals surface area contributed by atoms with E-state index >= 15 is 0 Å². The highest BCUT2D eigenvalue weighted by Gasteiger charge is 2.56. The first-order valence-corrected chi connectivity index (χ1v) is 15.7. The highest BCUT2D eigenvalue weighted by atomic mass is 28.4. The van der Waals surface area contributed by atoms with Crippen LogP contribution in [0.2, 0.25) is 18.1 Å². The van der Waals surface area contributed by atoms with Crippen LogP contribution in [-0.2, 0) is 4.43 Å². The number of allylic oxidation sites excluding steroid dienone is 1. The van der Waals surface area contributed by atoms with Crippen molar-refractivity contribution in [3.63, 3.8) is 0 Å². The third kappa shape index (κ3) is 4.58. The fourth-order valence-corrected chi connectivity index (χ4v) is 8.12. The van der Waals surface area contributed by atoms with Crippen molar-refractivity contribution in [2.45, 2.75) is 104 Å². The molecule has 0 heterocycles. The molecule has 0 aromatic carbocycles. The van der Waals surface area contributed by atoms with Crippen molar-refractivity contribution in [3.05, 3.63) is 22.6 Å². The SMILES string of the molecule is C=C1CC[C@H]2[C@H](CN=[N+]=[N-])[C@@H]([C@@]3(C)CCC(O)C[C@@H]3CO[Si](C)(C)C(C)(C)C)CC[C@]12C. The standard InChI is InChI=1S/C26H47N3O2Si/c1-18-9-10-22-21(16-28-29-27)23(12-14-25(18,22)5)26(6)13-11-20(30)15-19(26)17-31-32(7,8)24(2,3)4/h19-23,30H,1,9-17H2,2-8H3/t19-,20?,21+,22+,23+,25-,26+/m1/s1. The van der Waals surface area contributed by atoms with Gasteiger partial charge in [-0.15, -0.1) is 0 Å². The first-order chi connectivity index (χ1) is 14.8. The maximum atomic E-state index is 10.6. The van der Waals surface area contributed by atoms with Crippen LogP contribution < -0.4 is 0 Å². The molecule has 3 aliphatic carbocycles. The molecule has 5 nitrogen and oxygen atoms in total. The average Bonchev–Trinajstić information content (AvgIpc) is 3.01. The minimum atomic E-state index is -1.86. The number of aliphatic hydroxyl groups excluding tert-OH is 1. The summed E-state index contributed by atoms with van der Waals surface area (Å²) in [5.74, 6) is 1.77. The molecule has 3 fully saturated rings. The number of hydrogen-bond acceptors (Lipinski definition) is 3. The molecule has 0 aromatic heterocycles. The van der Waals surface area contributed by atoms with E-state index in [2.05, 4.69) is 64.3 Å². The lowest BCUT2D eigenvalue weighted by Gasteiger charge is -2.57. The molecule has 3 saturated carbocycles. The van der Waals surface area contributed by atoms with Crippen LogP contribution in [0.1, 0.15) is 79.6 Å². The van der Waals surface area contributed by atoms with Gasteiger partial charge in [0.2, 0.25) is 0 Å². The van der Waals surface area contributed by atoms with Crippen LogP contribution in [0, 0.1) is 34.5 Å². The predicted molar refractivity (Wildman–Crippen MR) is 135 cm³/mol. The Hall–Kier alpha value is -0.813. The zero-order valence-electron chi connectivity index (χ0n) is 21.7. The molecule has 7 atom stereocenters. The molecule has 182 valence electrons. The molecular weight excluding hydrogens is 414 g/mol. The average molecular weight is 462 g/mol. The van der Waals surface area contributed by atoms with E-state index in [1.165, 1.54) is 18.4 Å². The van der Waals surface area contributed by atoms with E-state index in [0.29, 0.717) is 30.2 Å². The van der Waals surface area contributed by atoms with Crippen molar-refractivity contribution in [3.8, 4) is 0 Å². The maximum absolute atomic E-state index is 10.6. The molecule has 6 heteroatoms. The summed E-state index contributed by atoms with van der Waals surface area (Å²) in [6.07, 6.45) is 7.10. The summed E-state index contributed by atoms with van der Waals surface area (Å²) in [6.45, 7) is 22.1. The van der Waals surface area contributed by atoms with Crippen LogP contribution >= 0.6 is 0 Å². The van der Waals surface area contributed by atoms with Gasteiger partial charge in [-0.05, 0) is 103 Å². The van der Waals surface area contributed by atoms with Gasteiger partial charge in [0.1, 0.15) is 0 Å². The molecule has 0 amide bonds. The van der Waals surface area contributed by atoms with Crippen molar-refractivity contribution in [1.82, 2.24) is 0 Å². The quantitative estimate of drug-likeness (QED) is 0.146. The van der Waals surface area contributed by atoms with Gasteiger partial charge in [-0.3, -0.25) is 0 Å². The lowest BCUT2D eigenvalue weighted by atomic mass is 9.49. The molecule has 3 aliphatic rings. The fraction of sp³-hybridized carbons (Fsp3) is 0.923. The Labute approximate surface area is 197 Å². The zero-order chi connectivity index (χ0) is 23.9. The molecule has 1 unspecified atom stereocenters. The summed E-state index contributed by atoms with van der Waals surface area (Å²) in [4.78, 5) is 3.16. The van der Waals surface area contributed by atoms with Crippen LogP contribution in [0.3, 0.4) is 0 Å². The van der Waals surface area contributed by atoms with Gasteiger partial charge in [0.15, 0.2) is 8.32 Å². The molecule has 32 heavy (non-hydrogen) atoms. The Bertz CT molecular complexity index is 757. The lowest BCUT2D eigenvalue weighted by Crippen LogP contribution is -2.53. The number of fused-ring (bicyclic) bond motifs is 1. The number of azide groups is 1. The highest BCUT2D eigenvalue weighted by molar-refractivity contribution is 6.74. The van der Waals surface area contributed by atoms with Gasteiger partial charge < -0.3 is 9.53 Å². The third-order valence-electron chi connectivity index (χ3n) is 10.6. The van der Waals surface area contributed by atoms with Crippen LogP contribution in [0.4, 0.5) is 0 Å². The monoisotopic (exact) mass is 461 g/mol. The van der Waals surface area contributed by atoms with Gasteiger partial charge >= 0.3 is 0 Å². The van der Waals surface area contributed by atoms with Gasteiger partial charge in [-0.25, -0.2) is 0 Å². The van der Waals surface area contributed by atoms with Gasteiger partial charge in [0, 0.05) is 18.1 Å². The predicted octanol–water partition coefficient (Wildman–Crippen LogP) is 7.48. The number of aliphatic hydroxyl groups is 1. The van der Waals surface area contributed by atoms with Gasteiger partial charge in [-0.1, -0.05) is 51.9 Å². The van der Waals surface area contributed by atoms with Gasteiger partial charge in [0.25, 0.3) is 0 Å². The number of hydrogen-bond donors (Lipinski definition) is 1. The van der Waals surface area contributed by atoms with Crippen molar-refractivity contribution in [1.29, 1.82) is 0 Å². The summed E-state index contributed by atoms with van der Waals surface area (Å²) >= 11 is 0. The molecule has 0 bridgehead atoms. The first-order valence-electron chi connectivity index (χ1n) is 12.8. The van der Waals surface area contributed by atoms with E-state index in [1.54, 1.807) is 0 Å². The summed E-state index contributed by atoms with van der Waals surface area (Å²) in [5.41, 5.74) is 10.8.